The van der Waals surface area contributed by atoms with E-state index in [2.05, 4.69) is 34.2 Å². The number of aromatic amines is 1. The van der Waals surface area contributed by atoms with E-state index in [0.717, 1.165) is 46.5 Å². The number of rotatable bonds is 4. The SMILES string of the molecule is Nc1ncccc1-c1nc2ccc(-c3cc[nH]c3)nc2n1-c1ccc(C2(N)CCC2)cc1. The molecule has 1 saturated carbocycles. The standard InChI is InChI=1S/C25H23N7/c26-22-19(3-1-13-29-22)23-31-21-9-8-20(16-10-14-28-15-16)30-24(21)32(23)18-6-4-17(5-7-18)25(27)11-2-12-25/h1,3-10,13-15,28H,2,11-12,27H2,(H2,26,29). The van der Waals surface area contributed by atoms with Crippen LogP contribution in [0.2, 0.25) is 0 Å². The number of nitrogens with two attached hydrogens (primary N) is 2. The van der Waals surface area contributed by atoms with Crippen LogP contribution in [0, 0.1) is 0 Å². The number of nitrogens with one attached hydrogen (secondary N) is 1. The van der Waals surface area contributed by atoms with E-state index in [4.69, 9.17) is 21.4 Å². The average molecular weight is 422 g/mol. The van der Waals surface area contributed by atoms with Gasteiger partial charge in [0.15, 0.2) is 11.5 Å². The number of benzene rings is 1. The molecule has 5 N–H and O–H groups in total. The molecule has 4 aromatic heterocycles. The molecule has 0 bridgehead atoms. The minimum atomic E-state index is -0.203. The van der Waals surface area contributed by atoms with Crippen molar-refractivity contribution in [3.8, 4) is 28.3 Å². The molecule has 4 heterocycles. The van der Waals surface area contributed by atoms with Gasteiger partial charge in [-0.1, -0.05) is 12.1 Å². The summed E-state index contributed by atoms with van der Waals surface area (Å²) in [5, 5.41) is 0. The number of hydrogen-bond acceptors (Lipinski definition) is 5. The number of H-pyrrole nitrogens is 1. The number of pyridine rings is 2. The maximum atomic E-state index is 6.54. The first kappa shape index (κ1) is 18.8. The molecule has 1 aromatic carbocycles. The zero-order valence-electron chi connectivity index (χ0n) is 17.5. The molecule has 5 aromatic rings. The van der Waals surface area contributed by atoms with Gasteiger partial charge in [-0.25, -0.2) is 15.0 Å². The number of nitrogens with zero attached hydrogens (tertiary/aromatic N) is 4. The second-order valence-electron chi connectivity index (χ2n) is 8.40. The summed E-state index contributed by atoms with van der Waals surface area (Å²) in [6, 6.07) is 18.2. The number of aromatic nitrogens is 5. The van der Waals surface area contributed by atoms with Crippen molar-refractivity contribution >= 4 is 17.0 Å². The lowest BCUT2D eigenvalue weighted by atomic mass is 9.73. The van der Waals surface area contributed by atoms with Crippen LogP contribution in [0.5, 0.6) is 0 Å². The topological polar surface area (TPSA) is 111 Å². The van der Waals surface area contributed by atoms with Gasteiger partial charge in [-0.05, 0) is 67.3 Å². The Morgan fingerprint density at radius 2 is 1.81 bits per heavy atom. The molecule has 32 heavy (non-hydrogen) atoms. The Morgan fingerprint density at radius 3 is 2.50 bits per heavy atom. The van der Waals surface area contributed by atoms with Gasteiger partial charge in [0, 0.05) is 35.4 Å². The van der Waals surface area contributed by atoms with Crippen LogP contribution in [0.4, 0.5) is 5.82 Å². The van der Waals surface area contributed by atoms with E-state index in [1.165, 1.54) is 12.0 Å². The molecule has 0 spiro atoms. The highest BCUT2D eigenvalue weighted by atomic mass is 15.1. The van der Waals surface area contributed by atoms with Crippen molar-refractivity contribution in [2.24, 2.45) is 5.73 Å². The van der Waals surface area contributed by atoms with Crippen molar-refractivity contribution < 1.29 is 0 Å². The molecule has 0 amide bonds. The summed E-state index contributed by atoms with van der Waals surface area (Å²) in [6.07, 6.45) is 8.74. The Kier molecular flexibility index (Phi) is 4.13. The average Bonchev–Trinajstić information content (AvgIpc) is 3.46. The number of anilines is 1. The van der Waals surface area contributed by atoms with Gasteiger partial charge in [-0.15, -0.1) is 0 Å². The number of fused-ring (bicyclic) bond motifs is 1. The van der Waals surface area contributed by atoms with E-state index in [-0.39, 0.29) is 5.54 Å². The smallest absolute Gasteiger partial charge is 0.165 e. The Balaban J connectivity index is 1.57. The first-order valence-corrected chi connectivity index (χ1v) is 10.8. The van der Waals surface area contributed by atoms with E-state index in [1.807, 2.05) is 47.3 Å². The van der Waals surface area contributed by atoms with Crippen LogP contribution in [-0.4, -0.2) is 24.5 Å². The first-order chi connectivity index (χ1) is 15.6. The van der Waals surface area contributed by atoms with Crippen molar-refractivity contribution in [1.82, 2.24) is 24.5 Å². The number of nitrogen functional groups attached to an aromatic ring is 1. The van der Waals surface area contributed by atoms with Crippen LogP contribution >= 0.6 is 0 Å². The fourth-order valence-electron chi connectivity index (χ4n) is 4.42. The summed E-state index contributed by atoms with van der Waals surface area (Å²) in [7, 11) is 0. The van der Waals surface area contributed by atoms with Gasteiger partial charge in [0.1, 0.15) is 11.3 Å². The Labute approximate surface area is 185 Å². The minimum absolute atomic E-state index is 0.203. The molecule has 7 nitrogen and oxygen atoms in total. The molecule has 1 aliphatic rings. The van der Waals surface area contributed by atoms with Gasteiger partial charge in [-0.2, -0.15) is 0 Å². The molecule has 0 unspecified atom stereocenters. The minimum Gasteiger partial charge on any atom is -0.383 e. The molecule has 7 heteroatoms. The highest BCUT2D eigenvalue weighted by Crippen LogP contribution is 2.39. The Bertz CT molecular complexity index is 1410. The molecular weight excluding hydrogens is 398 g/mol. The lowest BCUT2D eigenvalue weighted by Gasteiger charge is -2.38. The zero-order valence-corrected chi connectivity index (χ0v) is 17.5. The summed E-state index contributed by atoms with van der Waals surface area (Å²) >= 11 is 0. The number of imidazole rings is 1. The third-order valence-electron chi connectivity index (χ3n) is 6.42. The van der Waals surface area contributed by atoms with Crippen molar-refractivity contribution in [3.63, 3.8) is 0 Å². The van der Waals surface area contributed by atoms with Crippen LogP contribution in [0.15, 0.2) is 73.2 Å². The highest BCUT2D eigenvalue weighted by Gasteiger charge is 2.34. The van der Waals surface area contributed by atoms with E-state index < -0.39 is 0 Å². The van der Waals surface area contributed by atoms with Crippen molar-refractivity contribution in [2.45, 2.75) is 24.8 Å². The molecule has 1 fully saturated rings. The lowest BCUT2D eigenvalue weighted by Crippen LogP contribution is -2.43. The number of hydrogen-bond donors (Lipinski definition) is 3. The van der Waals surface area contributed by atoms with E-state index >= 15 is 0 Å². The predicted molar refractivity (Wildman–Crippen MR) is 126 cm³/mol. The fraction of sp³-hybridized carbons (Fsp3) is 0.160. The predicted octanol–water partition coefficient (Wildman–Crippen LogP) is 4.40. The maximum absolute atomic E-state index is 6.54. The van der Waals surface area contributed by atoms with Gasteiger partial charge < -0.3 is 16.5 Å². The molecular formula is C25H23N7. The van der Waals surface area contributed by atoms with Crippen LogP contribution < -0.4 is 11.5 Å². The van der Waals surface area contributed by atoms with Crippen molar-refractivity contribution in [1.29, 1.82) is 0 Å². The van der Waals surface area contributed by atoms with Crippen LogP contribution in [0.3, 0.4) is 0 Å². The normalized spacial score (nSPS) is 15.0. The lowest BCUT2D eigenvalue weighted by molar-refractivity contribution is 0.253. The monoisotopic (exact) mass is 421 g/mol. The molecule has 1 aliphatic carbocycles. The van der Waals surface area contributed by atoms with Crippen LogP contribution in [0.1, 0.15) is 24.8 Å². The van der Waals surface area contributed by atoms with Gasteiger partial charge in [0.25, 0.3) is 0 Å². The van der Waals surface area contributed by atoms with E-state index in [1.54, 1.807) is 6.20 Å². The fourth-order valence-corrected chi connectivity index (χ4v) is 4.42. The van der Waals surface area contributed by atoms with Gasteiger partial charge in [0.2, 0.25) is 0 Å². The largest absolute Gasteiger partial charge is 0.383 e. The maximum Gasteiger partial charge on any atom is 0.165 e. The first-order valence-electron chi connectivity index (χ1n) is 10.8. The van der Waals surface area contributed by atoms with Crippen molar-refractivity contribution in [3.05, 3.63) is 78.8 Å². The quantitative estimate of drug-likeness (QED) is 0.398. The van der Waals surface area contributed by atoms with Gasteiger partial charge in [-0.3, -0.25) is 4.57 Å². The third kappa shape index (κ3) is 2.90. The summed E-state index contributed by atoms with van der Waals surface area (Å²) < 4.78 is 2.05. The third-order valence-corrected chi connectivity index (χ3v) is 6.42. The van der Waals surface area contributed by atoms with E-state index in [0.29, 0.717) is 11.6 Å². The van der Waals surface area contributed by atoms with Crippen LogP contribution in [-0.2, 0) is 5.54 Å². The Hall–Kier alpha value is -3.97. The molecule has 0 aliphatic heterocycles. The second-order valence-corrected chi connectivity index (χ2v) is 8.40. The van der Waals surface area contributed by atoms with E-state index in [9.17, 15) is 0 Å². The van der Waals surface area contributed by atoms with Gasteiger partial charge in [0.05, 0.1) is 11.3 Å². The molecule has 6 rings (SSSR count). The second kappa shape index (κ2) is 7.03. The summed E-state index contributed by atoms with van der Waals surface area (Å²) in [5.41, 5.74) is 18.9. The summed E-state index contributed by atoms with van der Waals surface area (Å²) in [6.45, 7) is 0. The molecule has 158 valence electrons. The molecule has 0 radical (unpaired) electrons. The molecule has 0 atom stereocenters. The zero-order chi connectivity index (χ0) is 21.7. The summed E-state index contributed by atoms with van der Waals surface area (Å²) in [5.74, 6) is 1.14. The molecule has 0 saturated heterocycles. The van der Waals surface area contributed by atoms with Gasteiger partial charge >= 0.3 is 0 Å². The van der Waals surface area contributed by atoms with Crippen molar-refractivity contribution in [2.75, 3.05) is 5.73 Å². The Morgan fingerprint density at radius 1 is 0.969 bits per heavy atom. The summed E-state index contributed by atoms with van der Waals surface area (Å²) in [4.78, 5) is 17.2. The highest BCUT2D eigenvalue weighted by molar-refractivity contribution is 5.84. The van der Waals surface area contributed by atoms with Crippen LogP contribution in [0.25, 0.3) is 39.5 Å².